The van der Waals surface area contributed by atoms with Gasteiger partial charge in [-0.25, -0.2) is 4.98 Å². The first-order valence-corrected chi connectivity index (χ1v) is 11.8. The van der Waals surface area contributed by atoms with Gasteiger partial charge in [0.2, 0.25) is 5.91 Å². The van der Waals surface area contributed by atoms with E-state index in [1.54, 1.807) is 0 Å². The second-order valence-electron chi connectivity index (χ2n) is 8.92. The van der Waals surface area contributed by atoms with Crippen molar-refractivity contribution in [3.05, 3.63) is 53.3 Å². The fourth-order valence-electron chi connectivity index (χ4n) is 4.62. The van der Waals surface area contributed by atoms with Gasteiger partial charge in [0, 0.05) is 30.4 Å². The summed E-state index contributed by atoms with van der Waals surface area (Å²) in [4.78, 5) is 25.8. The molecule has 0 spiro atoms. The molecule has 3 aromatic rings. The monoisotopic (exact) mass is 433 g/mol. The molecule has 32 heavy (non-hydrogen) atoms. The number of imidazole rings is 1. The van der Waals surface area contributed by atoms with Gasteiger partial charge in [-0.2, -0.15) is 0 Å². The Balaban J connectivity index is 1.31. The Morgan fingerprint density at radius 3 is 2.56 bits per heavy atom. The number of rotatable bonds is 7. The zero-order valence-electron chi connectivity index (χ0n) is 19.7. The number of nitrogens with one attached hydrogen (secondary N) is 2. The highest BCUT2D eigenvalue weighted by molar-refractivity contribution is 5.93. The molecule has 0 radical (unpaired) electrons. The van der Waals surface area contributed by atoms with Crippen molar-refractivity contribution in [2.75, 3.05) is 36.4 Å². The number of hydrogen-bond donors (Lipinski definition) is 2. The van der Waals surface area contributed by atoms with E-state index in [-0.39, 0.29) is 11.8 Å². The van der Waals surface area contributed by atoms with E-state index in [0.29, 0.717) is 0 Å². The van der Waals surface area contributed by atoms with Crippen LogP contribution in [-0.2, 0) is 11.3 Å². The summed E-state index contributed by atoms with van der Waals surface area (Å²) in [6, 6.07) is 12.6. The number of amides is 1. The third-order valence-corrected chi connectivity index (χ3v) is 6.61. The molecule has 0 saturated carbocycles. The van der Waals surface area contributed by atoms with Crippen molar-refractivity contribution in [3.63, 3.8) is 0 Å². The lowest BCUT2D eigenvalue weighted by atomic mass is 9.95. The molecule has 1 aliphatic heterocycles. The molecule has 4 rings (SSSR count). The van der Waals surface area contributed by atoms with Crippen molar-refractivity contribution >= 4 is 28.3 Å². The summed E-state index contributed by atoms with van der Waals surface area (Å²) in [5, 5.41) is 3.18. The van der Waals surface area contributed by atoms with Crippen LogP contribution in [0.1, 0.15) is 43.6 Å². The quantitative estimate of drug-likeness (QED) is 0.558. The summed E-state index contributed by atoms with van der Waals surface area (Å²) in [6.07, 6.45) is 1.75. The number of aromatic amines is 1. The molecular formula is C26H35N5O. The number of anilines is 2. The highest BCUT2D eigenvalue weighted by Gasteiger charge is 2.26. The van der Waals surface area contributed by atoms with E-state index >= 15 is 0 Å². The van der Waals surface area contributed by atoms with Gasteiger partial charge < -0.3 is 15.2 Å². The maximum atomic E-state index is 12.9. The smallest absolute Gasteiger partial charge is 0.227 e. The Hall–Kier alpha value is -2.86. The summed E-state index contributed by atoms with van der Waals surface area (Å²) in [6.45, 7) is 13.1. The zero-order valence-corrected chi connectivity index (χ0v) is 19.7. The van der Waals surface area contributed by atoms with Crippen LogP contribution in [0.5, 0.6) is 0 Å². The number of nitrogens with zero attached hydrogens (tertiary/aromatic N) is 3. The second-order valence-corrected chi connectivity index (χ2v) is 8.92. The Labute approximate surface area is 191 Å². The third kappa shape index (κ3) is 4.96. The number of hydrogen-bond acceptors (Lipinski definition) is 4. The Morgan fingerprint density at radius 2 is 1.88 bits per heavy atom. The molecule has 6 nitrogen and oxygen atoms in total. The zero-order chi connectivity index (χ0) is 22.7. The van der Waals surface area contributed by atoms with Crippen LogP contribution >= 0.6 is 0 Å². The minimum absolute atomic E-state index is 0.0615. The van der Waals surface area contributed by atoms with Crippen LogP contribution in [0.3, 0.4) is 0 Å². The fraction of sp³-hybridized carbons (Fsp3) is 0.462. The fourth-order valence-corrected chi connectivity index (χ4v) is 4.62. The average molecular weight is 434 g/mol. The van der Waals surface area contributed by atoms with E-state index in [9.17, 15) is 4.79 Å². The van der Waals surface area contributed by atoms with E-state index in [1.807, 2.05) is 6.07 Å². The molecule has 6 heteroatoms. The predicted octanol–water partition coefficient (Wildman–Crippen LogP) is 4.88. The molecule has 2 N–H and O–H groups in total. The second kappa shape index (κ2) is 9.74. The largest absolute Gasteiger partial charge is 0.372 e. The molecule has 1 amide bonds. The van der Waals surface area contributed by atoms with Crippen molar-refractivity contribution in [1.82, 2.24) is 14.9 Å². The lowest BCUT2D eigenvalue weighted by Gasteiger charge is -2.30. The number of fused-ring (bicyclic) bond motifs is 1. The molecule has 0 bridgehead atoms. The van der Waals surface area contributed by atoms with Crippen LogP contribution in [0.2, 0.25) is 0 Å². The normalized spacial score (nSPS) is 15.2. The highest BCUT2D eigenvalue weighted by atomic mass is 16.1. The number of likely N-dealkylation sites (tertiary alicyclic amines) is 1. The number of H-pyrrole nitrogens is 1. The summed E-state index contributed by atoms with van der Waals surface area (Å²) in [7, 11) is 0. The van der Waals surface area contributed by atoms with Gasteiger partial charge in [0.15, 0.2) is 0 Å². The molecule has 0 atom stereocenters. The minimum atomic E-state index is 0.0615. The first-order chi connectivity index (χ1) is 15.5. The third-order valence-electron chi connectivity index (χ3n) is 6.61. The topological polar surface area (TPSA) is 64.3 Å². The van der Waals surface area contributed by atoms with Crippen molar-refractivity contribution in [2.45, 2.75) is 47.1 Å². The number of carbonyl (C=O) groups excluding carboxylic acids is 1. The van der Waals surface area contributed by atoms with E-state index in [4.69, 9.17) is 4.98 Å². The van der Waals surface area contributed by atoms with E-state index in [2.05, 4.69) is 78.1 Å². The Kier molecular flexibility index (Phi) is 6.80. The molecule has 1 saturated heterocycles. The molecule has 2 aromatic carbocycles. The summed E-state index contributed by atoms with van der Waals surface area (Å²) in [5.41, 5.74) is 6.59. The van der Waals surface area contributed by atoms with E-state index in [0.717, 1.165) is 73.7 Å². The van der Waals surface area contributed by atoms with Gasteiger partial charge in [-0.15, -0.1) is 0 Å². The number of aryl methyl sites for hydroxylation is 2. The van der Waals surface area contributed by atoms with Gasteiger partial charge in [-0.3, -0.25) is 9.69 Å². The standard InChI is InChI=1S/C26H35N5O/c1-5-31(6-2)21-8-10-22(19(4)16-21)29-26(32)20-11-13-30(14-12-20)17-25-27-23-9-7-18(3)15-24(23)28-25/h7-10,15-16,20H,5-6,11-14,17H2,1-4H3,(H,27,28)(H,29,32). The lowest BCUT2D eigenvalue weighted by Crippen LogP contribution is -2.38. The van der Waals surface area contributed by atoms with Gasteiger partial charge in [0.25, 0.3) is 0 Å². The molecular weight excluding hydrogens is 398 g/mol. The first kappa shape index (κ1) is 22.3. The van der Waals surface area contributed by atoms with Crippen LogP contribution in [0.15, 0.2) is 36.4 Å². The first-order valence-electron chi connectivity index (χ1n) is 11.8. The minimum Gasteiger partial charge on any atom is -0.372 e. The highest BCUT2D eigenvalue weighted by Crippen LogP contribution is 2.25. The molecule has 1 aliphatic rings. The van der Waals surface area contributed by atoms with E-state index in [1.165, 1.54) is 11.3 Å². The molecule has 0 aliphatic carbocycles. The molecule has 1 fully saturated rings. The van der Waals surface area contributed by atoms with Gasteiger partial charge >= 0.3 is 0 Å². The van der Waals surface area contributed by atoms with E-state index < -0.39 is 0 Å². The van der Waals surface area contributed by atoms with Crippen LogP contribution < -0.4 is 10.2 Å². The SMILES string of the molecule is CCN(CC)c1ccc(NC(=O)C2CCN(Cc3nc4ccc(C)cc4[nH]3)CC2)c(C)c1. The maximum absolute atomic E-state index is 12.9. The van der Waals surface area contributed by atoms with Crippen LogP contribution in [0, 0.1) is 19.8 Å². The van der Waals surface area contributed by atoms with Gasteiger partial charge in [0.1, 0.15) is 5.82 Å². The number of aromatic nitrogens is 2. The summed E-state index contributed by atoms with van der Waals surface area (Å²) in [5.74, 6) is 1.20. The number of piperidine rings is 1. The maximum Gasteiger partial charge on any atom is 0.227 e. The van der Waals surface area contributed by atoms with Crippen LogP contribution in [0.25, 0.3) is 11.0 Å². The van der Waals surface area contributed by atoms with Crippen molar-refractivity contribution in [3.8, 4) is 0 Å². The van der Waals surface area contributed by atoms with Gasteiger partial charge in [-0.1, -0.05) is 6.07 Å². The van der Waals surface area contributed by atoms with Crippen molar-refractivity contribution < 1.29 is 4.79 Å². The Bertz CT molecular complexity index is 1080. The van der Waals surface area contributed by atoms with Crippen molar-refractivity contribution in [2.24, 2.45) is 5.92 Å². The van der Waals surface area contributed by atoms with Crippen LogP contribution in [0.4, 0.5) is 11.4 Å². The average Bonchev–Trinajstić information content (AvgIpc) is 3.18. The summed E-state index contributed by atoms with van der Waals surface area (Å²) >= 11 is 0. The van der Waals surface area contributed by atoms with Gasteiger partial charge in [0.05, 0.1) is 17.6 Å². The number of benzene rings is 2. The Morgan fingerprint density at radius 1 is 1.12 bits per heavy atom. The lowest BCUT2D eigenvalue weighted by molar-refractivity contribution is -0.121. The number of carbonyl (C=O) groups is 1. The van der Waals surface area contributed by atoms with Gasteiger partial charge in [-0.05, 0) is 95.1 Å². The molecule has 0 unspecified atom stereocenters. The predicted molar refractivity (Wildman–Crippen MR) is 132 cm³/mol. The van der Waals surface area contributed by atoms with Crippen LogP contribution in [-0.4, -0.2) is 47.0 Å². The molecule has 2 heterocycles. The molecule has 1 aromatic heterocycles. The molecule has 170 valence electrons. The summed E-state index contributed by atoms with van der Waals surface area (Å²) < 4.78 is 0. The van der Waals surface area contributed by atoms with Crippen molar-refractivity contribution in [1.29, 1.82) is 0 Å².